The lowest BCUT2D eigenvalue weighted by atomic mass is 9.55. The average Bonchev–Trinajstić information content (AvgIpc) is 2.53. The smallest absolute Gasteiger partial charge is 0.236 e. The van der Waals surface area contributed by atoms with Crippen LogP contribution < -0.4 is 9.64 Å². The normalized spacial score (nSPS) is 21.7. The molecule has 2 aromatic carbocycles. The molecule has 118 valence electrons. The number of carbonyl (C=O) groups is 1. The number of nitrogens with zero attached hydrogens (tertiary/aromatic N) is 1. The molecule has 1 atom stereocenters. The van der Waals surface area contributed by atoms with Gasteiger partial charge in [-0.2, -0.15) is 0 Å². The van der Waals surface area contributed by atoms with E-state index >= 15 is 0 Å². The highest BCUT2D eigenvalue weighted by atomic mass is 79.9. The topological polar surface area (TPSA) is 29.5 Å². The van der Waals surface area contributed by atoms with Crippen LogP contribution in [0.1, 0.15) is 30.9 Å². The van der Waals surface area contributed by atoms with Gasteiger partial charge in [0.15, 0.2) is 0 Å². The Balaban J connectivity index is 1.72. The van der Waals surface area contributed by atoms with Crippen molar-refractivity contribution in [2.24, 2.45) is 5.41 Å². The molecule has 1 unspecified atom stereocenters. The molecule has 2 aliphatic rings. The third-order valence-electron chi connectivity index (χ3n) is 5.21. The van der Waals surface area contributed by atoms with Gasteiger partial charge >= 0.3 is 0 Å². The van der Waals surface area contributed by atoms with Crippen LogP contribution in [0.15, 0.2) is 53.0 Å². The zero-order valence-electron chi connectivity index (χ0n) is 13.0. The third-order valence-corrected chi connectivity index (χ3v) is 5.74. The standard InChI is InChI=1S/C19H18BrNO2/c1-23-16-9-7-15(8-10-16)21-17(13-3-5-14(20)6-4-13)19(18(21)22)11-2-12-19/h3-10,17H,2,11-12H2,1H3. The molecule has 4 rings (SSSR count). The van der Waals surface area contributed by atoms with Crippen LogP contribution in [-0.2, 0) is 4.79 Å². The number of hydrogen-bond donors (Lipinski definition) is 0. The van der Waals surface area contributed by atoms with Crippen LogP contribution in [0.4, 0.5) is 5.69 Å². The van der Waals surface area contributed by atoms with E-state index in [1.807, 2.05) is 29.2 Å². The van der Waals surface area contributed by atoms with E-state index in [9.17, 15) is 4.79 Å². The summed E-state index contributed by atoms with van der Waals surface area (Å²) in [4.78, 5) is 14.8. The zero-order chi connectivity index (χ0) is 16.0. The first-order valence-corrected chi connectivity index (χ1v) is 8.68. The van der Waals surface area contributed by atoms with E-state index in [0.717, 1.165) is 35.2 Å². The quantitative estimate of drug-likeness (QED) is 0.730. The van der Waals surface area contributed by atoms with Crippen molar-refractivity contribution < 1.29 is 9.53 Å². The molecule has 0 radical (unpaired) electrons. The average molecular weight is 372 g/mol. The molecule has 1 spiro atoms. The monoisotopic (exact) mass is 371 g/mol. The zero-order valence-corrected chi connectivity index (χ0v) is 14.5. The van der Waals surface area contributed by atoms with Crippen LogP contribution in [0.2, 0.25) is 0 Å². The van der Waals surface area contributed by atoms with Crippen LogP contribution in [0.25, 0.3) is 0 Å². The molecule has 4 heteroatoms. The van der Waals surface area contributed by atoms with Crippen molar-refractivity contribution in [1.29, 1.82) is 0 Å². The number of ether oxygens (including phenoxy) is 1. The predicted molar refractivity (Wildman–Crippen MR) is 93.6 cm³/mol. The number of methoxy groups -OCH3 is 1. The molecular weight excluding hydrogens is 354 g/mol. The fraction of sp³-hybridized carbons (Fsp3) is 0.316. The summed E-state index contributed by atoms with van der Waals surface area (Å²) in [6.45, 7) is 0. The molecule has 23 heavy (non-hydrogen) atoms. The predicted octanol–water partition coefficient (Wildman–Crippen LogP) is 4.72. The Morgan fingerprint density at radius 2 is 1.74 bits per heavy atom. The van der Waals surface area contributed by atoms with Gasteiger partial charge in [-0.05, 0) is 54.8 Å². The molecule has 2 fully saturated rings. The number of carbonyl (C=O) groups excluding carboxylic acids is 1. The minimum atomic E-state index is -0.173. The Morgan fingerprint density at radius 1 is 1.09 bits per heavy atom. The first kappa shape index (κ1) is 14.8. The Kier molecular flexibility index (Phi) is 3.45. The number of halogens is 1. The number of anilines is 1. The second-order valence-corrected chi connectivity index (χ2v) is 7.25. The lowest BCUT2D eigenvalue weighted by Gasteiger charge is -2.60. The van der Waals surface area contributed by atoms with Crippen LogP contribution in [0.3, 0.4) is 0 Å². The highest BCUT2D eigenvalue weighted by Crippen LogP contribution is 2.62. The van der Waals surface area contributed by atoms with Gasteiger partial charge in [-0.15, -0.1) is 0 Å². The Bertz CT molecular complexity index is 735. The van der Waals surface area contributed by atoms with Crippen molar-refractivity contribution in [2.45, 2.75) is 25.3 Å². The third kappa shape index (κ3) is 2.12. The van der Waals surface area contributed by atoms with Gasteiger partial charge in [-0.3, -0.25) is 4.79 Å². The summed E-state index contributed by atoms with van der Waals surface area (Å²) in [7, 11) is 1.65. The molecule has 1 saturated heterocycles. The van der Waals surface area contributed by atoms with Crippen LogP contribution in [0, 0.1) is 5.41 Å². The van der Waals surface area contributed by atoms with E-state index in [0.29, 0.717) is 0 Å². The second kappa shape index (κ2) is 5.38. The number of benzene rings is 2. The van der Waals surface area contributed by atoms with Crippen molar-refractivity contribution in [3.8, 4) is 5.75 Å². The number of amides is 1. The molecular formula is C19H18BrNO2. The van der Waals surface area contributed by atoms with E-state index in [1.165, 1.54) is 5.56 Å². The molecule has 0 N–H and O–H groups in total. The Hall–Kier alpha value is -1.81. The van der Waals surface area contributed by atoms with Crippen LogP contribution in [-0.4, -0.2) is 13.0 Å². The van der Waals surface area contributed by atoms with E-state index in [2.05, 4.69) is 40.2 Å². The van der Waals surface area contributed by atoms with Crippen molar-refractivity contribution in [3.05, 3.63) is 58.6 Å². The molecule has 3 nitrogen and oxygen atoms in total. The van der Waals surface area contributed by atoms with Gasteiger partial charge in [-0.25, -0.2) is 0 Å². The summed E-state index contributed by atoms with van der Waals surface area (Å²) in [5.41, 5.74) is 1.98. The molecule has 2 aromatic rings. The van der Waals surface area contributed by atoms with E-state index in [-0.39, 0.29) is 17.4 Å². The molecule has 0 aromatic heterocycles. The largest absolute Gasteiger partial charge is 0.497 e. The lowest BCUT2D eigenvalue weighted by molar-refractivity contribution is -0.148. The molecule has 1 saturated carbocycles. The molecule has 1 amide bonds. The molecule has 1 heterocycles. The first-order chi connectivity index (χ1) is 11.2. The number of β-lactam (4-membered cyclic amide) rings is 1. The van der Waals surface area contributed by atoms with Gasteiger partial charge in [0, 0.05) is 10.2 Å². The van der Waals surface area contributed by atoms with Gasteiger partial charge < -0.3 is 9.64 Å². The Morgan fingerprint density at radius 3 is 2.26 bits per heavy atom. The van der Waals surface area contributed by atoms with Crippen LogP contribution >= 0.6 is 15.9 Å². The summed E-state index contributed by atoms with van der Waals surface area (Å²) < 4.78 is 6.28. The van der Waals surface area contributed by atoms with Crippen molar-refractivity contribution in [1.82, 2.24) is 0 Å². The summed E-state index contributed by atoms with van der Waals surface area (Å²) in [5.74, 6) is 1.07. The van der Waals surface area contributed by atoms with Gasteiger partial charge in [0.1, 0.15) is 5.75 Å². The maximum absolute atomic E-state index is 12.9. The number of rotatable bonds is 3. The fourth-order valence-corrected chi connectivity index (χ4v) is 4.09. The van der Waals surface area contributed by atoms with Crippen molar-refractivity contribution >= 4 is 27.5 Å². The minimum absolute atomic E-state index is 0.144. The van der Waals surface area contributed by atoms with Gasteiger partial charge in [-0.1, -0.05) is 34.5 Å². The lowest BCUT2D eigenvalue weighted by Crippen LogP contribution is -2.66. The number of hydrogen-bond acceptors (Lipinski definition) is 2. The van der Waals surface area contributed by atoms with Gasteiger partial charge in [0.05, 0.1) is 18.6 Å². The summed E-state index contributed by atoms with van der Waals surface area (Å²) in [6, 6.07) is 16.2. The molecule has 1 aliphatic heterocycles. The van der Waals surface area contributed by atoms with Crippen molar-refractivity contribution in [3.63, 3.8) is 0 Å². The van der Waals surface area contributed by atoms with Crippen LogP contribution in [0.5, 0.6) is 5.75 Å². The van der Waals surface area contributed by atoms with E-state index < -0.39 is 0 Å². The second-order valence-electron chi connectivity index (χ2n) is 6.34. The minimum Gasteiger partial charge on any atom is -0.497 e. The highest BCUT2D eigenvalue weighted by molar-refractivity contribution is 9.10. The highest BCUT2D eigenvalue weighted by Gasteiger charge is 2.64. The fourth-order valence-electron chi connectivity index (χ4n) is 3.82. The van der Waals surface area contributed by atoms with Gasteiger partial charge in [0.25, 0.3) is 0 Å². The molecule has 0 bridgehead atoms. The Labute approximate surface area is 144 Å². The summed E-state index contributed by atoms with van der Waals surface area (Å²) in [6.07, 6.45) is 3.15. The first-order valence-electron chi connectivity index (χ1n) is 7.89. The maximum atomic E-state index is 12.9. The molecule has 1 aliphatic carbocycles. The van der Waals surface area contributed by atoms with Crippen molar-refractivity contribution in [2.75, 3.05) is 12.0 Å². The van der Waals surface area contributed by atoms with E-state index in [1.54, 1.807) is 7.11 Å². The van der Waals surface area contributed by atoms with E-state index in [4.69, 9.17) is 4.74 Å². The van der Waals surface area contributed by atoms with Gasteiger partial charge in [0.2, 0.25) is 5.91 Å². The summed E-state index contributed by atoms with van der Waals surface area (Å²) in [5, 5.41) is 0. The maximum Gasteiger partial charge on any atom is 0.236 e. The summed E-state index contributed by atoms with van der Waals surface area (Å²) >= 11 is 3.49. The SMILES string of the molecule is COc1ccc(N2C(=O)C3(CCC3)C2c2ccc(Br)cc2)cc1.